The van der Waals surface area contributed by atoms with Gasteiger partial charge in [-0.1, -0.05) is 11.6 Å². The fourth-order valence-electron chi connectivity index (χ4n) is 1.76. The van der Waals surface area contributed by atoms with E-state index in [0.29, 0.717) is 35.4 Å². The number of rotatable bonds is 2. The molecule has 1 aliphatic heterocycles. The highest BCUT2D eigenvalue weighted by Crippen LogP contribution is 2.29. The highest BCUT2D eigenvalue weighted by molar-refractivity contribution is 7.80. The molecule has 0 aliphatic carbocycles. The third kappa shape index (κ3) is 2.10. The first kappa shape index (κ1) is 11.5. The van der Waals surface area contributed by atoms with Crippen molar-refractivity contribution in [3.8, 4) is 0 Å². The maximum atomic E-state index is 11.8. The second kappa shape index (κ2) is 4.51. The second-order valence-electron chi connectivity index (χ2n) is 3.80. The van der Waals surface area contributed by atoms with Crippen molar-refractivity contribution in [2.24, 2.45) is 5.92 Å². The molecule has 0 saturated carbocycles. The molecule has 1 aliphatic rings. The molecular formula is C10H12ClN3OS. The summed E-state index contributed by atoms with van der Waals surface area (Å²) in [6.45, 7) is 0.611. The van der Waals surface area contributed by atoms with Crippen molar-refractivity contribution in [3.63, 3.8) is 0 Å². The van der Waals surface area contributed by atoms with Crippen molar-refractivity contribution in [1.29, 1.82) is 0 Å². The number of carbonyl (C=O) groups excluding carboxylic acids is 1. The normalized spacial score (nSPS) is 20.5. The number of hydrogen-bond acceptors (Lipinski definition) is 4. The fourth-order valence-corrected chi connectivity index (χ4v) is 2.15. The number of pyridine rings is 1. The zero-order valence-electron chi connectivity index (χ0n) is 8.56. The van der Waals surface area contributed by atoms with Crippen LogP contribution in [0.3, 0.4) is 0 Å². The third-order valence-corrected chi connectivity index (χ3v) is 3.32. The number of halogens is 1. The lowest BCUT2D eigenvalue weighted by Crippen LogP contribution is -2.26. The van der Waals surface area contributed by atoms with Crippen molar-refractivity contribution in [3.05, 3.63) is 17.3 Å². The molecule has 2 heterocycles. The molecule has 2 rings (SSSR count). The van der Waals surface area contributed by atoms with Gasteiger partial charge in [-0.25, -0.2) is 4.98 Å². The largest absolute Gasteiger partial charge is 0.396 e. The van der Waals surface area contributed by atoms with Crippen LogP contribution in [0.5, 0.6) is 0 Å². The SMILES string of the molecule is Nc1ccc(Cl)nc1N1CC(CS)CC1=O. The van der Waals surface area contributed by atoms with E-state index in [1.165, 1.54) is 0 Å². The summed E-state index contributed by atoms with van der Waals surface area (Å²) in [4.78, 5) is 17.4. The molecule has 6 heteroatoms. The van der Waals surface area contributed by atoms with Crippen LogP contribution in [-0.2, 0) is 4.79 Å². The topological polar surface area (TPSA) is 59.2 Å². The van der Waals surface area contributed by atoms with Gasteiger partial charge in [-0.3, -0.25) is 9.69 Å². The summed E-state index contributed by atoms with van der Waals surface area (Å²) in [5.74, 6) is 1.43. The Labute approximate surface area is 104 Å². The summed E-state index contributed by atoms with van der Waals surface area (Å²) >= 11 is 9.99. The van der Waals surface area contributed by atoms with Crippen LogP contribution in [0, 0.1) is 5.92 Å². The van der Waals surface area contributed by atoms with Crippen molar-refractivity contribution in [1.82, 2.24) is 4.98 Å². The van der Waals surface area contributed by atoms with Gasteiger partial charge in [0.05, 0.1) is 5.69 Å². The minimum atomic E-state index is 0.0283. The van der Waals surface area contributed by atoms with Crippen LogP contribution in [0.4, 0.5) is 11.5 Å². The third-order valence-electron chi connectivity index (χ3n) is 2.59. The lowest BCUT2D eigenvalue weighted by Gasteiger charge is -2.17. The number of nitrogen functional groups attached to an aromatic ring is 1. The molecule has 0 radical (unpaired) electrons. The van der Waals surface area contributed by atoms with Gasteiger partial charge in [0.25, 0.3) is 0 Å². The molecule has 1 amide bonds. The maximum Gasteiger partial charge on any atom is 0.228 e. The van der Waals surface area contributed by atoms with Gasteiger partial charge in [0.2, 0.25) is 5.91 Å². The lowest BCUT2D eigenvalue weighted by molar-refractivity contribution is -0.117. The molecule has 1 unspecified atom stereocenters. The van der Waals surface area contributed by atoms with Gasteiger partial charge in [0.1, 0.15) is 5.15 Å². The van der Waals surface area contributed by atoms with E-state index in [-0.39, 0.29) is 11.8 Å². The summed E-state index contributed by atoms with van der Waals surface area (Å²) in [6, 6.07) is 3.27. The number of hydrogen-bond donors (Lipinski definition) is 2. The minimum Gasteiger partial charge on any atom is -0.396 e. The molecule has 0 spiro atoms. The van der Waals surface area contributed by atoms with Crippen LogP contribution in [0.2, 0.25) is 5.15 Å². The van der Waals surface area contributed by atoms with E-state index in [9.17, 15) is 4.79 Å². The fraction of sp³-hybridized carbons (Fsp3) is 0.400. The summed E-state index contributed by atoms with van der Waals surface area (Å²) in [5.41, 5.74) is 6.25. The van der Waals surface area contributed by atoms with Crippen molar-refractivity contribution in [2.75, 3.05) is 22.9 Å². The van der Waals surface area contributed by atoms with Crippen molar-refractivity contribution >= 4 is 41.6 Å². The Hall–Kier alpha value is -0.940. The number of nitrogens with zero attached hydrogens (tertiary/aromatic N) is 2. The predicted molar refractivity (Wildman–Crippen MR) is 68.0 cm³/mol. The van der Waals surface area contributed by atoms with E-state index in [4.69, 9.17) is 17.3 Å². The first-order chi connectivity index (χ1) is 7.61. The number of nitrogens with two attached hydrogens (primary N) is 1. The average molecular weight is 258 g/mol. The second-order valence-corrected chi connectivity index (χ2v) is 4.56. The van der Waals surface area contributed by atoms with Crippen molar-refractivity contribution < 1.29 is 4.79 Å². The van der Waals surface area contributed by atoms with Gasteiger partial charge < -0.3 is 5.73 Å². The van der Waals surface area contributed by atoms with E-state index >= 15 is 0 Å². The average Bonchev–Trinajstić information content (AvgIpc) is 2.63. The van der Waals surface area contributed by atoms with Crippen LogP contribution < -0.4 is 10.6 Å². The Balaban J connectivity index is 2.30. The Morgan fingerprint density at radius 1 is 1.62 bits per heavy atom. The lowest BCUT2D eigenvalue weighted by atomic mass is 10.1. The van der Waals surface area contributed by atoms with Gasteiger partial charge in [-0.2, -0.15) is 12.6 Å². The molecule has 16 heavy (non-hydrogen) atoms. The highest BCUT2D eigenvalue weighted by Gasteiger charge is 2.31. The molecule has 1 aromatic heterocycles. The summed E-state index contributed by atoms with van der Waals surface area (Å²) in [5, 5.41) is 0.339. The molecule has 1 fully saturated rings. The Kier molecular flexibility index (Phi) is 3.25. The molecule has 1 saturated heterocycles. The molecule has 0 bridgehead atoms. The highest BCUT2D eigenvalue weighted by atomic mass is 35.5. The van der Waals surface area contributed by atoms with E-state index < -0.39 is 0 Å². The van der Waals surface area contributed by atoms with Gasteiger partial charge in [0.15, 0.2) is 5.82 Å². The van der Waals surface area contributed by atoms with E-state index in [0.717, 1.165) is 0 Å². The number of amides is 1. The van der Waals surface area contributed by atoms with Gasteiger partial charge in [0, 0.05) is 13.0 Å². The molecule has 2 N–H and O–H groups in total. The minimum absolute atomic E-state index is 0.0283. The molecule has 1 atom stereocenters. The number of thiol groups is 1. The number of aromatic nitrogens is 1. The van der Waals surface area contributed by atoms with Crippen LogP contribution in [0.25, 0.3) is 0 Å². The molecule has 4 nitrogen and oxygen atoms in total. The van der Waals surface area contributed by atoms with Gasteiger partial charge in [-0.15, -0.1) is 0 Å². The zero-order chi connectivity index (χ0) is 11.7. The Morgan fingerprint density at radius 2 is 2.38 bits per heavy atom. The standard InChI is InChI=1S/C10H12ClN3OS/c11-8-2-1-7(12)10(13-8)14-4-6(5-16)3-9(14)15/h1-2,6,16H,3-5,12H2. The smallest absolute Gasteiger partial charge is 0.228 e. The molecule has 0 aromatic carbocycles. The summed E-state index contributed by atoms with van der Waals surface area (Å²) in [6.07, 6.45) is 0.497. The quantitative estimate of drug-likeness (QED) is 0.625. The molecule has 86 valence electrons. The Morgan fingerprint density at radius 3 is 3.00 bits per heavy atom. The zero-order valence-corrected chi connectivity index (χ0v) is 10.2. The van der Waals surface area contributed by atoms with Crippen LogP contribution >= 0.6 is 24.2 Å². The van der Waals surface area contributed by atoms with Crippen LogP contribution in [-0.4, -0.2) is 23.2 Å². The monoisotopic (exact) mass is 257 g/mol. The maximum absolute atomic E-state index is 11.8. The van der Waals surface area contributed by atoms with E-state index in [2.05, 4.69) is 17.6 Å². The Bertz CT molecular complexity index is 427. The summed E-state index contributed by atoms with van der Waals surface area (Å²) < 4.78 is 0. The van der Waals surface area contributed by atoms with Crippen molar-refractivity contribution in [2.45, 2.75) is 6.42 Å². The van der Waals surface area contributed by atoms with Crippen LogP contribution in [0.1, 0.15) is 6.42 Å². The first-order valence-corrected chi connectivity index (χ1v) is 5.96. The number of carbonyl (C=O) groups is 1. The molecule has 1 aromatic rings. The predicted octanol–water partition coefficient (Wildman–Crippen LogP) is 1.60. The first-order valence-electron chi connectivity index (χ1n) is 4.95. The van der Waals surface area contributed by atoms with Gasteiger partial charge in [-0.05, 0) is 23.8 Å². The summed E-state index contributed by atoms with van der Waals surface area (Å²) in [7, 11) is 0. The van der Waals surface area contributed by atoms with E-state index in [1.54, 1.807) is 17.0 Å². The van der Waals surface area contributed by atoms with Crippen LogP contribution in [0.15, 0.2) is 12.1 Å². The molecular weight excluding hydrogens is 246 g/mol. The van der Waals surface area contributed by atoms with E-state index in [1.807, 2.05) is 0 Å². The van der Waals surface area contributed by atoms with Gasteiger partial charge >= 0.3 is 0 Å². The number of anilines is 2.